The van der Waals surface area contributed by atoms with Gasteiger partial charge in [-0.25, -0.2) is 24.9 Å². The van der Waals surface area contributed by atoms with Gasteiger partial charge in [-0.05, 0) is 36.3 Å². The molecule has 0 bridgehead atoms. The SMILES string of the molecule is C(#Cn1c2c3ccccc3n(C3=NC=CCN3)c2c2c1c1ccccc1n2-c1ncccn1)c1nc(-c2ccccc2)cc(-c2ccccc2)n1. The van der Waals surface area contributed by atoms with Crippen LogP contribution in [0.5, 0.6) is 0 Å². The Labute approximate surface area is 291 Å². The minimum atomic E-state index is 0.424. The van der Waals surface area contributed by atoms with Crippen molar-refractivity contribution in [1.29, 1.82) is 0 Å². The number of para-hydroxylation sites is 2. The van der Waals surface area contributed by atoms with Crippen molar-refractivity contribution in [3.63, 3.8) is 0 Å². The van der Waals surface area contributed by atoms with Gasteiger partial charge >= 0.3 is 0 Å². The molecule has 0 saturated heterocycles. The third-order valence-electron chi connectivity index (χ3n) is 9.16. The van der Waals surface area contributed by atoms with Gasteiger partial charge in [0.2, 0.25) is 17.7 Å². The molecule has 9 nitrogen and oxygen atoms in total. The standard InChI is InChI=1S/C42H27N9/c1-3-13-28(14-4-1)32-27-33(29-15-5-2-6-16-29)48-36(47-32)21-26-49-37-30-17-7-9-19-34(30)50(41-43-22-11-23-44-41)39(37)40-38(49)31-18-8-10-20-35(31)51(40)42-45-24-12-25-46-42/h1-20,22-24,27H,25H2,(H,45,46). The summed E-state index contributed by atoms with van der Waals surface area (Å²) in [4.78, 5) is 24.2. The highest BCUT2D eigenvalue weighted by atomic mass is 15.3. The monoisotopic (exact) mass is 657 g/mol. The highest BCUT2D eigenvalue weighted by molar-refractivity contribution is 6.27. The Kier molecular flexibility index (Phi) is 6.57. The lowest BCUT2D eigenvalue weighted by Gasteiger charge is -2.14. The number of nitrogens with zero attached hydrogens (tertiary/aromatic N) is 8. The fourth-order valence-electron chi connectivity index (χ4n) is 7.02. The van der Waals surface area contributed by atoms with Crippen LogP contribution in [0.2, 0.25) is 0 Å². The Bertz CT molecular complexity index is 2850. The molecule has 4 aromatic carbocycles. The van der Waals surface area contributed by atoms with Crippen molar-refractivity contribution >= 4 is 49.8 Å². The van der Waals surface area contributed by atoms with Crippen LogP contribution in [0.25, 0.3) is 72.3 Å². The van der Waals surface area contributed by atoms with Gasteiger partial charge < -0.3 is 5.32 Å². The second-order valence-electron chi connectivity index (χ2n) is 12.1. The van der Waals surface area contributed by atoms with Crippen molar-refractivity contribution < 1.29 is 0 Å². The summed E-state index contributed by atoms with van der Waals surface area (Å²) in [7, 11) is 0. The van der Waals surface area contributed by atoms with Crippen molar-refractivity contribution in [3.05, 3.63) is 152 Å². The highest BCUT2D eigenvalue weighted by Crippen LogP contribution is 2.42. The molecule has 0 atom stereocenters. The molecular weight excluding hydrogens is 631 g/mol. The van der Waals surface area contributed by atoms with Crippen molar-refractivity contribution in [2.75, 3.05) is 6.54 Å². The molecule has 9 heteroatoms. The van der Waals surface area contributed by atoms with Gasteiger partial charge in [0.25, 0.3) is 0 Å². The first-order valence-electron chi connectivity index (χ1n) is 16.7. The molecule has 6 heterocycles. The number of rotatable bonds is 3. The van der Waals surface area contributed by atoms with Crippen molar-refractivity contribution in [1.82, 2.24) is 39.0 Å². The number of nitrogens with one attached hydrogen (secondary N) is 1. The van der Waals surface area contributed by atoms with Crippen molar-refractivity contribution in [3.8, 4) is 40.4 Å². The third kappa shape index (κ3) is 4.62. The molecule has 51 heavy (non-hydrogen) atoms. The molecule has 0 amide bonds. The van der Waals surface area contributed by atoms with E-state index < -0.39 is 0 Å². The second-order valence-corrected chi connectivity index (χ2v) is 12.1. The summed E-state index contributed by atoms with van der Waals surface area (Å²) in [6.45, 7) is 0.667. The van der Waals surface area contributed by atoms with Crippen LogP contribution >= 0.6 is 0 Å². The maximum Gasteiger partial charge on any atom is 0.234 e. The molecule has 1 N–H and O–H groups in total. The Morgan fingerprint density at radius 3 is 1.76 bits per heavy atom. The number of aromatic nitrogens is 7. The summed E-state index contributed by atoms with van der Waals surface area (Å²) < 4.78 is 6.40. The molecule has 0 spiro atoms. The van der Waals surface area contributed by atoms with Gasteiger partial charge in [0.15, 0.2) is 0 Å². The van der Waals surface area contributed by atoms with Crippen LogP contribution in [0.1, 0.15) is 5.82 Å². The maximum absolute atomic E-state index is 4.98. The first-order valence-corrected chi connectivity index (χ1v) is 16.7. The van der Waals surface area contributed by atoms with Crippen LogP contribution < -0.4 is 5.32 Å². The fraction of sp³-hybridized carbons (Fsp3) is 0.0238. The molecule has 9 aromatic rings. The predicted molar refractivity (Wildman–Crippen MR) is 203 cm³/mol. The van der Waals surface area contributed by atoms with Gasteiger partial charge in [0.1, 0.15) is 11.0 Å². The van der Waals surface area contributed by atoms with E-state index in [4.69, 9.17) is 24.9 Å². The average molecular weight is 658 g/mol. The summed E-state index contributed by atoms with van der Waals surface area (Å²) in [6.07, 6.45) is 7.38. The predicted octanol–water partition coefficient (Wildman–Crippen LogP) is 7.79. The minimum Gasteiger partial charge on any atom is -0.352 e. The lowest BCUT2D eigenvalue weighted by Crippen LogP contribution is -2.31. The Morgan fingerprint density at radius 2 is 1.16 bits per heavy atom. The van der Waals surface area contributed by atoms with Gasteiger partial charge in [-0.3, -0.25) is 13.7 Å². The van der Waals surface area contributed by atoms with Crippen LogP contribution in [-0.4, -0.2) is 46.1 Å². The normalized spacial score (nSPS) is 12.7. The third-order valence-corrected chi connectivity index (χ3v) is 9.16. The Balaban J connectivity index is 1.33. The summed E-state index contributed by atoms with van der Waals surface area (Å²) in [5, 5.41) is 5.54. The van der Waals surface area contributed by atoms with E-state index in [0.717, 1.165) is 72.3 Å². The van der Waals surface area contributed by atoms with Crippen LogP contribution in [0.3, 0.4) is 0 Å². The van der Waals surface area contributed by atoms with Gasteiger partial charge in [0.05, 0.1) is 33.5 Å². The zero-order chi connectivity index (χ0) is 33.7. The van der Waals surface area contributed by atoms with E-state index in [1.165, 1.54) is 0 Å². The average Bonchev–Trinajstić information content (AvgIpc) is 3.83. The smallest absolute Gasteiger partial charge is 0.234 e. The van der Waals surface area contributed by atoms with Crippen LogP contribution in [0, 0.1) is 12.0 Å². The van der Waals surface area contributed by atoms with E-state index in [-0.39, 0.29) is 0 Å². The molecule has 1 aliphatic heterocycles. The second kappa shape index (κ2) is 11.7. The topological polar surface area (TPSA) is 90.7 Å². The molecule has 0 aliphatic carbocycles. The van der Waals surface area contributed by atoms with Crippen molar-refractivity contribution in [2.45, 2.75) is 0 Å². The zero-order valence-electron chi connectivity index (χ0n) is 27.1. The van der Waals surface area contributed by atoms with Crippen LogP contribution in [0.4, 0.5) is 0 Å². The summed E-state index contributed by atoms with van der Waals surface area (Å²) >= 11 is 0. The lowest BCUT2D eigenvalue weighted by atomic mass is 10.1. The number of benzene rings is 4. The number of aliphatic imine (C=N–C) groups is 1. The quantitative estimate of drug-likeness (QED) is 0.196. The summed E-state index contributed by atoms with van der Waals surface area (Å²) in [5.41, 5.74) is 9.31. The number of hydrogen-bond acceptors (Lipinski definition) is 6. The van der Waals surface area contributed by atoms with Crippen LogP contribution in [0.15, 0.2) is 151 Å². The minimum absolute atomic E-state index is 0.424. The molecule has 0 unspecified atom stereocenters. The molecule has 0 saturated carbocycles. The highest BCUT2D eigenvalue weighted by Gasteiger charge is 2.28. The maximum atomic E-state index is 4.98. The van der Waals surface area contributed by atoms with Gasteiger partial charge in [-0.1, -0.05) is 97.1 Å². The van der Waals surface area contributed by atoms with Crippen molar-refractivity contribution in [2.24, 2.45) is 4.99 Å². The van der Waals surface area contributed by atoms with E-state index >= 15 is 0 Å². The summed E-state index contributed by atoms with van der Waals surface area (Å²) in [6, 6.07) is 44.4. The molecular formula is C42H27N9. The number of fused-ring (bicyclic) bond motifs is 7. The first-order chi connectivity index (χ1) is 25.3. The first kappa shape index (κ1) is 28.7. The van der Waals surface area contributed by atoms with Gasteiger partial charge in [0, 0.05) is 53.1 Å². The van der Waals surface area contributed by atoms with E-state index in [9.17, 15) is 0 Å². The van der Waals surface area contributed by atoms with E-state index in [1.54, 1.807) is 12.4 Å². The van der Waals surface area contributed by atoms with E-state index in [0.29, 0.717) is 18.3 Å². The van der Waals surface area contributed by atoms with E-state index in [2.05, 4.69) is 91.6 Å². The van der Waals surface area contributed by atoms with Gasteiger partial charge in [-0.15, -0.1) is 0 Å². The molecule has 0 fully saturated rings. The van der Waals surface area contributed by atoms with Crippen LogP contribution in [-0.2, 0) is 0 Å². The number of hydrogen-bond donors (Lipinski definition) is 1. The summed E-state index contributed by atoms with van der Waals surface area (Å²) in [5.74, 6) is 5.12. The van der Waals surface area contributed by atoms with Gasteiger partial charge in [-0.2, -0.15) is 0 Å². The largest absolute Gasteiger partial charge is 0.352 e. The fourth-order valence-corrected chi connectivity index (χ4v) is 7.02. The molecule has 10 rings (SSSR count). The Hall–Kier alpha value is -7.31. The Morgan fingerprint density at radius 1 is 0.588 bits per heavy atom. The van der Waals surface area contributed by atoms with E-state index in [1.807, 2.05) is 72.9 Å². The molecule has 1 aliphatic rings. The lowest BCUT2D eigenvalue weighted by molar-refractivity contribution is 0.952. The molecule has 240 valence electrons. The molecule has 0 radical (unpaired) electrons. The zero-order valence-corrected chi connectivity index (χ0v) is 27.1. The molecule has 5 aromatic heterocycles.